The summed E-state index contributed by atoms with van der Waals surface area (Å²) in [6.45, 7) is 1.82. The molecule has 0 saturated carbocycles. The van der Waals surface area contributed by atoms with Crippen LogP contribution in [0.1, 0.15) is 22.7 Å². The van der Waals surface area contributed by atoms with E-state index in [-0.39, 0.29) is 16.9 Å². The average Bonchev–Trinajstić information content (AvgIpc) is 3.10. The Morgan fingerprint density at radius 3 is 2.42 bits per heavy atom. The summed E-state index contributed by atoms with van der Waals surface area (Å²) in [5, 5.41) is 11.7. The molecule has 1 atom stereocenters. The summed E-state index contributed by atoms with van der Waals surface area (Å²) in [7, 11) is 2.95. The molecule has 1 aromatic heterocycles. The molecule has 33 heavy (non-hydrogen) atoms. The third-order valence-electron chi connectivity index (χ3n) is 5.56. The predicted octanol–water partition coefficient (Wildman–Crippen LogP) is 4.69. The van der Waals surface area contributed by atoms with Crippen LogP contribution in [0.25, 0.3) is 5.76 Å². The minimum Gasteiger partial charge on any atom is -0.507 e. The first-order chi connectivity index (χ1) is 15.9. The summed E-state index contributed by atoms with van der Waals surface area (Å²) in [5.74, 6) is -1.12. The molecule has 7 nitrogen and oxygen atoms in total. The number of nitrogens with zero attached hydrogens (tertiary/aromatic N) is 2. The van der Waals surface area contributed by atoms with E-state index >= 15 is 0 Å². The molecule has 4 rings (SSSR count). The van der Waals surface area contributed by atoms with Gasteiger partial charge in [0.05, 0.1) is 31.4 Å². The van der Waals surface area contributed by atoms with Crippen LogP contribution in [0.4, 0.5) is 5.69 Å². The third kappa shape index (κ3) is 3.91. The van der Waals surface area contributed by atoms with E-state index in [0.717, 1.165) is 5.56 Å². The molecule has 1 fully saturated rings. The quantitative estimate of drug-likeness (QED) is 0.335. The fraction of sp³-hybridized carbons (Fsp3) is 0.160. The minimum absolute atomic E-state index is 0.0611. The zero-order chi connectivity index (χ0) is 23.7. The molecular formula is C25H21ClN2O5. The standard InChI is InChI=1S/C25H21ClN2O5/c1-14-4-5-16(26)12-19(14)28-22(15-8-10-27-11-9-15)21(24(30)25(28)31)23(29)18-7-6-17(32-2)13-20(18)33-3/h4-13,22,29H,1-3H3/b23-21-. The third-order valence-corrected chi connectivity index (χ3v) is 5.80. The van der Waals surface area contributed by atoms with E-state index in [2.05, 4.69) is 4.98 Å². The van der Waals surface area contributed by atoms with Crippen LogP contribution in [0.5, 0.6) is 11.5 Å². The highest BCUT2D eigenvalue weighted by molar-refractivity contribution is 6.52. The second-order valence-electron chi connectivity index (χ2n) is 7.45. The maximum atomic E-state index is 13.3. The summed E-state index contributed by atoms with van der Waals surface area (Å²) in [6, 6.07) is 12.4. The molecule has 8 heteroatoms. The van der Waals surface area contributed by atoms with E-state index in [0.29, 0.717) is 27.8 Å². The number of aliphatic hydroxyl groups excluding tert-OH is 1. The van der Waals surface area contributed by atoms with Crippen LogP contribution in [-0.4, -0.2) is 36.0 Å². The monoisotopic (exact) mass is 464 g/mol. The van der Waals surface area contributed by atoms with Crippen LogP contribution in [0.3, 0.4) is 0 Å². The van der Waals surface area contributed by atoms with E-state index in [1.165, 1.54) is 19.1 Å². The molecule has 1 amide bonds. The van der Waals surface area contributed by atoms with Gasteiger partial charge in [-0.25, -0.2) is 0 Å². The fourth-order valence-electron chi connectivity index (χ4n) is 3.92. The van der Waals surface area contributed by atoms with Crippen molar-refractivity contribution in [2.45, 2.75) is 13.0 Å². The van der Waals surface area contributed by atoms with Gasteiger partial charge in [0.1, 0.15) is 17.3 Å². The number of halogens is 1. The number of ether oxygens (including phenoxy) is 2. The van der Waals surface area contributed by atoms with Gasteiger partial charge in [0, 0.05) is 29.2 Å². The average molecular weight is 465 g/mol. The Morgan fingerprint density at radius 2 is 1.76 bits per heavy atom. The van der Waals surface area contributed by atoms with Gasteiger partial charge in [-0.1, -0.05) is 17.7 Å². The van der Waals surface area contributed by atoms with E-state index < -0.39 is 17.7 Å². The van der Waals surface area contributed by atoms with Crippen LogP contribution >= 0.6 is 11.6 Å². The highest BCUT2D eigenvalue weighted by atomic mass is 35.5. The largest absolute Gasteiger partial charge is 0.507 e. The molecule has 0 spiro atoms. The predicted molar refractivity (Wildman–Crippen MR) is 125 cm³/mol. The van der Waals surface area contributed by atoms with Gasteiger partial charge in [-0.2, -0.15) is 0 Å². The van der Waals surface area contributed by atoms with Gasteiger partial charge in [0.25, 0.3) is 11.7 Å². The number of aromatic nitrogens is 1. The van der Waals surface area contributed by atoms with Crippen LogP contribution in [0.15, 0.2) is 66.5 Å². The van der Waals surface area contributed by atoms with Gasteiger partial charge >= 0.3 is 0 Å². The molecule has 0 bridgehead atoms. The molecule has 3 aromatic rings. The van der Waals surface area contributed by atoms with Gasteiger partial charge < -0.3 is 14.6 Å². The molecule has 1 aliphatic rings. The van der Waals surface area contributed by atoms with Gasteiger partial charge in [0.15, 0.2) is 0 Å². The molecule has 0 aliphatic carbocycles. The van der Waals surface area contributed by atoms with Crippen LogP contribution in [0, 0.1) is 6.92 Å². The highest BCUT2D eigenvalue weighted by Crippen LogP contribution is 2.44. The molecule has 2 aromatic carbocycles. The van der Waals surface area contributed by atoms with Crippen molar-refractivity contribution in [2.24, 2.45) is 0 Å². The first kappa shape index (κ1) is 22.4. The van der Waals surface area contributed by atoms with E-state index in [9.17, 15) is 14.7 Å². The molecule has 1 N–H and O–H groups in total. The number of aliphatic hydroxyl groups is 1. The number of aryl methyl sites for hydroxylation is 1. The zero-order valence-corrected chi connectivity index (χ0v) is 19.0. The van der Waals surface area contributed by atoms with E-state index in [4.69, 9.17) is 21.1 Å². The lowest BCUT2D eigenvalue weighted by atomic mass is 9.95. The maximum Gasteiger partial charge on any atom is 0.300 e. The first-order valence-corrected chi connectivity index (χ1v) is 10.4. The van der Waals surface area contributed by atoms with Gasteiger partial charge in [-0.3, -0.25) is 19.5 Å². The van der Waals surface area contributed by atoms with Crippen molar-refractivity contribution in [3.8, 4) is 11.5 Å². The summed E-state index contributed by atoms with van der Waals surface area (Å²) in [4.78, 5) is 32.0. The van der Waals surface area contributed by atoms with Crippen molar-refractivity contribution < 1.29 is 24.2 Å². The van der Waals surface area contributed by atoms with Crippen molar-refractivity contribution in [1.29, 1.82) is 0 Å². The number of amides is 1. The molecular weight excluding hydrogens is 444 g/mol. The van der Waals surface area contributed by atoms with Gasteiger partial charge in [0.2, 0.25) is 0 Å². The minimum atomic E-state index is -0.892. The lowest BCUT2D eigenvalue weighted by Gasteiger charge is -2.27. The number of ketones is 1. The van der Waals surface area contributed by atoms with Crippen molar-refractivity contribution in [2.75, 3.05) is 19.1 Å². The number of Topliss-reactive ketones (excluding diaryl/α,β-unsaturated/α-hetero) is 1. The van der Waals surface area contributed by atoms with Crippen LogP contribution in [0.2, 0.25) is 5.02 Å². The number of methoxy groups -OCH3 is 2. The normalized spacial score (nSPS) is 17.3. The lowest BCUT2D eigenvalue weighted by Crippen LogP contribution is -2.30. The van der Waals surface area contributed by atoms with Crippen LogP contribution < -0.4 is 14.4 Å². The van der Waals surface area contributed by atoms with Gasteiger partial charge in [-0.05, 0) is 54.4 Å². The summed E-state index contributed by atoms with van der Waals surface area (Å²) in [5.41, 5.74) is 2.04. The Labute approximate surface area is 195 Å². The molecule has 1 aliphatic heterocycles. The SMILES string of the molecule is COc1ccc(/C(O)=C2/C(=O)C(=O)N(c3cc(Cl)ccc3C)C2c2ccncc2)c(OC)c1. The highest BCUT2D eigenvalue weighted by Gasteiger charge is 2.47. The second-order valence-corrected chi connectivity index (χ2v) is 7.88. The van der Waals surface area contributed by atoms with Crippen LogP contribution in [-0.2, 0) is 9.59 Å². The summed E-state index contributed by atoms with van der Waals surface area (Å²) < 4.78 is 10.6. The van der Waals surface area contributed by atoms with E-state index in [1.54, 1.807) is 60.9 Å². The smallest absolute Gasteiger partial charge is 0.300 e. The van der Waals surface area contributed by atoms with Gasteiger partial charge in [-0.15, -0.1) is 0 Å². The molecule has 0 radical (unpaired) electrons. The Morgan fingerprint density at radius 1 is 1.03 bits per heavy atom. The Hall–Kier alpha value is -3.84. The number of anilines is 1. The number of pyridine rings is 1. The van der Waals surface area contributed by atoms with Crippen molar-refractivity contribution in [3.63, 3.8) is 0 Å². The van der Waals surface area contributed by atoms with Crippen molar-refractivity contribution in [1.82, 2.24) is 4.98 Å². The number of benzene rings is 2. The first-order valence-electron chi connectivity index (χ1n) is 10.1. The van der Waals surface area contributed by atoms with Crippen molar-refractivity contribution >= 4 is 34.7 Å². The zero-order valence-electron chi connectivity index (χ0n) is 18.2. The number of carbonyl (C=O) groups excluding carboxylic acids is 2. The Balaban J connectivity index is 1.98. The number of hydrogen-bond acceptors (Lipinski definition) is 6. The Bertz CT molecular complexity index is 1270. The topological polar surface area (TPSA) is 89.0 Å². The van der Waals surface area contributed by atoms with E-state index in [1.807, 2.05) is 6.92 Å². The van der Waals surface area contributed by atoms with Crippen molar-refractivity contribution in [3.05, 3.63) is 88.2 Å². The fourth-order valence-corrected chi connectivity index (χ4v) is 4.09. The molecule has 2 heterocycles. The molecule has 1 unspecified atom stereocenters. The second kappa shape index (κ2) is 8.96. The summed E-state index contributed by atoms with van der Waals surface area (Å²) >= 11 is 6.21. The molecule has 168 valence electrons. The number of hydrogen-bond donors (Lipinski definition) is 1. The maximum absolute atomic E-state index is 13.3. The summed E-state index contributed by atoms with van der Waals surface area (Å²) in [6.07, 6.45) is 3.13. The number of carbonyl (C=O) groups is 2. The Kier molecular flexibility index (Phi) is 6.07. The number of rotatable bonds is 5. The molecule has 1 saturated heterocycles. The lowest BCUT2D eigenvalue weighted by molar-refractivity contribution is -0.132.